The van der Waals surface area contributed by atoms with Crippen molar-refractivity contribution in [1.29, 1.82) is 0 Å². The number of para-hydroxylation sites is 1. The van der Waals surface area contributed by atoms with E-state index in [2.05, 4.69) is 23.3 Å². The fourth-order valence-electron chi connectivity index (χ4n) is 3.14. The highest BCUT2D eigenvalue weighted by molar-refractivity contribution is 7.99. The summed E-state index contributed by atoms with van der Waals surface area (Å²) in [6.07, 6.45) is 5.67. The van der Waals surface area contributed by atoms with Crippen LogP contribution in [0.5, 0.6) is 0 Å². The van der Waals surface area contributed by atoms with E-state index in [9.17, 15) is 4.79 Å². The van der Waals surface area contributed by atoms with Crippen molar-refractivity contribution in [3.05, 3.63) is 42.1 Å². The molecule has 0 aliphatic heterocycles. The normalized spacial score (nSPS) is 21.1. The Bertz CT molecular complexity index is 658. The van der Waals surface area contributed by atoms with Gasteiger partial charge in [-0.1, -0.05) is 25.1 Å². The van der Waals surface area contributed by atoms with Crippen LogP contribution in [0.3, 0.4) is 0 Å². The van der Waals surface area contributed by atoms with Crippen molar-refractivity contribution >= 4 is 28.6 Å². The Hall–Kier alpha value is -1.55. The molecule has 1 saturated carbocycles. The summed E-state index contributed by atoms with van der Waals surface area (Å²) >= 11 is 2.01. The second-order valence-electron chi connectivity index (χ2n) is 5.87. The van der Waals surface area contributed by atoms with Crippen LogP contribution in [0, 0.1) is 0 Å². The Balaban J connectivity index is 1.57. The van der Waals surface area contributed by atoms with Gasteiger partial charge in [-0.3, -0.25) is 9.78 Å². The molecule has 22 heavy (non-hydrogen) atoms. The Morgan fingerprint density at radius 3 is 3.09 bits per heavy atom. The fraction of sp³-hybridized carbons (Fsp3) is 0.444. The van der Waals surface area contributed by atoms with Crippen molar-refractivity contribution < 1.29 is 4.79 Å². The number of thioether (sulfide) groups is 1. The average molecular weight is 314 g/mol. The summed E-state index contributed by atoms with van der Waals surface area (Å²) in [6, 6.07) is 10.4. The standard InChI is InChI=1S/C18H22N2OS/c1-2-22-16-8-7-15(11-16)20-18(21)10-13-9-14-5-3-4-6-17(14)19-12-13/h3-6,9,12,15-16H,2,7-8,10-11H2,1H3,(H,20,21)/t15-,16-/m0/s1. The van der Waals surface area contributed by atoms with Crippen molar-refractivity contribution in [3.63, 3.8) is 0 Å². The van der Waals surface area contributed by atoms with Crippen LogP contribution in [0.2, 0.25) is 0 Å². The lowest BCUT2D eigenvalue weighted by Gasteiger charge is -2.13. The molecule has 1 aromatic carbocycles. The number of hydrogen-bond donors (Lipinski definition) is 1. The highest BCUT2D eigenvalue weighted by Crippen LogP contribution is 2.29. The number of carbonyl (C=O) groups is 1. The SMILES string of the molecule is CCS[C@H]1CC[C@H](NC(=O)Cc2cnc3ccccc3c2)C1. The molecule has 116 valence electrons. The number of fused-ring (bicyclic) bond motifs is 1. The lowest BCUT2D eigenvalue weighted by atomic mass is 10.1. The van der Waals surface area contributed by atoms with Crippen molar-refractivity contribution in [1.82, 2.24) is 10.3 Å². The molecule has 0 radical (unpaired) electrons. The molecule has 1 aliphatic carbocycles. The van der Waals surface area contributed by atoms with Gasteiger partial charge in [0.1, 0.15) is 0 Å². The van der Waals surface area contributed by atoms with Gasteiger partial charge in [0.05, 0.1) is 11.9 Å². The molecule has 1 heterocycles. The zero-order chi connectivity index (χ0) is 15.4. The summed E-state index contributed by atoms with van der Waals surface area (Å²) in [7, 11) is 0. The van der Waals surface area contributed by atoms with Crippen LogP contribution in [0.4, 0.5) is 0 Å². The number of aromatic nitrogens is 1. The molecule has 3 rings (SSSR count). The van der Waals surface area contributed by atoms with Crippen LogP contribution in [-0.2, 0) is 11.2 Å². The molecule has 3 nitrogen and oxygen atoms in total. The van der Waals surface area contributed by atoms with Crippen molar-refractivity contribution in [2.75, 3.05) is 5.75 Å². The van der Waals surface area contributed by atoms with E-state index in [0.717, 1.165) is 40.3 Å². The summed E-state index contributed by atoms with van der Waals surface area (Å²) in [5.74, 6) is 1.28. The third-order valence-electron chi connectivity index (χ3n) is 4.16. The summed E-state index contributed by atoms with van der Waals surface area (Å²) in [4.78, 5) is 16.6. The van der Waals surface area contributed by atoms with Crippen molar-refractivity contribution in [2.45, 2.75) is 43.9 Å². The molecule has 2 atom stereocenters. The number of hydrogen-bond acceptors (Lipinski definition) is 3. The van der Waals surface area contributed by atoms with Crippen molar-refractivity contribution in [2.24, 2.45) is 0 Å². The van der Waals surface area contributed by atoms with Crippen LogP contribution >= 0.6 is 11.8 Å². The maximum atomic E-state index is 12.2. The van der Waals surface area contributed by atoms with Crippen molar-refractivity contribution in [3.8, 4) is 0 Å². The van der Waals surface area contributed by atoms with Gasteiger partial charge in [-0.15, -0.1) is 0 Å². The van der Waals surface area contributed by atoms with Gasteiger partial charge in [0, 0.05) is 22.9 Å². The van der Waals surface area contributed by atoms with Gasteiger partial charge in [0.15, 0.2) is 0 Å². The Kier molecular flexibility index (Phi) is 4.98. The minimum Gasteiger partial charge on any atom is -0.353 e. The van der Waals surface area contributed by atoms with E-state index in [1.165, 1.54) is 6.42 Å². The first kappa shape index (κ1) is 15.3. The molecule has 1 amide bonds. The van der Waals surface area contributed by atoms with E-state index in [1.54, 1.807) is 0 Å². The van der Waals surface area contributed by atoms with Crippen LogP contribution in [-0.4, -0.2) is 27.9 Å². The maximum absolute atomic E-state index is 12.2. The van der Waals surface area contributed by atoms with E-state index < -0.39 is 0 Å². The number of amides is 1. The fourth-order valence-corrected chi connectivity index (χ4v) is 4.28. The summed E-state index contributed by atoms with van der Waals surface area (Å²) in [5, 5.41) is 4.99. The second kappa shape index (κ2) is 7.14. The smallest absolute Gasteiger partial charge is 0.224 e. The minimum atomic E-state index is 0.115. The first-order valence-electron chi connectivity index (χ1n) is 7.99. The second-order valence-corrected chi connectivity index (χ2v) is 7.45. The molecule has 1 aliphatic rings. The third-order valence-corrected chi connectivity index (χ3v) is 5.40. The van der Waals surface area contributed by atoms with Gasteiger partial charge in [-0.25, -0.2) is 0 Å². The number of carbonyl (C=O) groups excluding carboxylic acids is 1. The molecule has 0 spiro atoms. The highest BCUT2D eigenvalue weighted by atomic mass is 32.2. The summed E-state index contributed by atoms with van der Waals surface area (Å²) in [6.45, 7) is 2.20. The first-order valence-corrected chi connectivity index (χ1v) is 9.04. The largest absolute Gasteiger partial charge is 0.353 e. The van der Waals surface area contributed by atoms with Gasteiger partial charge < -0.3 is 5.32 Å². The van der Waals surface area contributed by atoms with E-state index >= 15 is 0 Å². The van der Waals surface area contributed by atoms with Crippen LogP contribution in [0.15, 0.2) is 36.5 Å². The van der Waals surface area contributed by atoms with Crippen LogP contribution in [0.25, 0.3) is 10.9 Å². The number of nitrogens with zero attached hydrogens (tertiary/aromatic N) is 1. The predicted molar refractivity (Wildman–Crippen MR) is 93.1 cm³/mol. The van der Waals surface area contributed by atoms with Gasteiger partial charge in [-0.05, 0) is 42.7 Å². The van der Waals surface area contributed by atoms with E-state index in [-0.39, 0.29) is 5.91 Å². The molecule has 4 heteroatoms. The van der Waals surface area contributed by atoms with Gasteiger partial charge in [0.2, 0.25) is 5.91 Å². The Morgan fingerprint density at radius 1 is 1.36 bits per heavy atom. The number of pyridine rings is 1. The Morgan fingerprint density at radius 2 is 2.23 bits per heavy atom. The van der Waals surface area contributed by atoms with E-state index in [4.69, 9.17) is 0 Å². The summed E-state index contributed by atoms with van der Waals surface area (Å²) < 4.78 is 0. The molecule has 1 N–H and O–H groups in total. The highest BCUT2D eigenvalue weighted by Gasteiger charge is 2.25. The molecule has 0 unspecified atom stereocenters. The molecule has 1 aromatic heterocycles. The monoisotopic (exact) mass is 314 g/mol. The number of rotatable bonds is 5. The molecular formula is C18H22N2OS. The lowest BCUT2D eigenvalue weighted by molar-refractivity contribution is -0.121. The third kappa shape index (κ3) is 3.80. The predicted octanol–water partition coefficient (Wildman–Crippen LogP) is 3.57. The number of nitrogens with one attached hydrogen (secondary N) is 1. The molecule has 0 bridgehead atoms. The topological polar surface area (TPSA) is 42.0 Å². The van der Waals surface area contributed by atoms with Gasteiger partial charge in [0.25, 0.3) is 0 Å². The van der Waals surface area contributed by atoms with Crippen LogP contribution < -0.4 is 5.32 Å². The van der Waals surface area contributed by atoms with E-state index in [1.807, 2.05) is 42.2 Å². The zero-order valence-corrected chi connectivity index (χ0v) is 13.7. The first-order chi connectivity index (χ1) is 10.7. The lowest BCUT2D eigenvalue weighted by Crippen LogP contribution is -2.34. The van der Waals surface area contributed by atoms with Gasteiger partial charge >= 0.3 is 0 Å². The van der Waals surface area contributed by atoms with Crippen LogP contribution in [0.1, 0.15) is 31.7 Å². The number of benzene rings is 1. The maximum Gasteiger partial charge on any atom is 0.224 e. The molecular weight excluding hydrogens is 292 g/mol. The Labute approximate surface area is 135 Å². The van der Waals surface area contributed by atoms with Gasteiger partial charge in [-0.2, -0.15) is 11.8 Å². The molecule has 1 fully saturated rings. The van der Waals surface area contributed by atoms with E-state index in [0.29, 0.717) is 12.5 Å². The summed E-state index contributed by atoms with van der Waals surface area (Å²) in [5.41, 5.74) is 1.95. The molecule has 2 aromatic rings. The zero-order valence-electron chi connectivity index (χ0n) is 12.9. The average Bonchev–Trinajstić information content (AvgIpc) is 2.94. The minimum absolute atomic E-state index is 0.115. The molecule has 0 saturated heterocycles. The quantitative estimate of drug-likeness (QED) is 0.917.